The second kappa shape index (κ2) is 5.23. The Balaban J connectivity index is 1.37. The number of aliphatic hydroxyl groups is 1. The SMILES string of the molecule is C[C@]12CCCC[C@@H]1CC[C@@H]1[C@H]2CC[C@@]2(C)[C@H]1C[C@H]1SC3=NCCN3[C@]12O. The van der Waals surface area contributed by atoms with Crippen LogP contribution in [0.25, 0.3) is 0 Å². The number of aliphatic imine (C=N–C) groups is 1. The largest absolute Gasteiger partial charge is 0.369 e. The lowest BCUT2D eigenvalue weighted by atomic mass is 9.45. The molecule has 2 heterocycles. The lowest BCUT2D eigenvalue weighted by Crippen LogP contribution is -2.62. The fourth-order valence-electron chi connectivity index (χ4n) is 8.85. The minimum Gasteiger partial charge on any atom is -0.369 e. The minimum atomic E-state index is -0.632. The third-order valence-electron chi connectivity index (χ3n) is 10.2. The first kappa shape index (κ1) is 16.7. The van der Waals surface area contributed by atoms with E-state index in [-0.39, 0.29) is 5.41 Å². The van der Waals surface area contributed by atoms with Gasteiger partial charge in [0.25, 0.3) is 0 Å². The number of nitrogens with zero attached hydrogens (tertiary/aromatic N) is 2. The molecule has 0 unspecified atom stereocenters. The van der Waals surface area contributed by atoms with Gasteiger partial charge in [-0.2, -0.15) is 0 Å². The zero-order chi connectivity index (χ0) is 17.7. The first-order valence-corrected chi connectivity index (χ1v) is 12.1. The zero-order valence-corrected chi connectivity index (χ0v) is 17.2. The van der Waals surface area contributed by atoms with Crippen molar-refractivity contribution in [2.24, 2.45) is 39.5 Å². The van der Waals surface area contributed by atoms with Gasteiger partial charge in [-0.25, -0.2) is 0 Å². The van der Waals surface area contributed by atoms with Crippen molar-refractivity contribution in [2.75, 3.05) is 13.1 Å². The van der Waals surface area contributed by atoms with E-state index in [0.29, 0.717) is 16.6 Å². The summed E-state index contributed by atoms with van der Waals surface area (Å²) in [6.45, 7) is 6.92. The van der Waals surface area contributed by atoms with Crippen molar-refractivity contribution in [3.8, 4) is 0 Å². The fraction of sp³-hybridized carbons (Fsp3) is 0.955. The van der Waals surface area contributed by atoms with Crippen LogP contribution in [0.4, 0.5) is 0 Å². The molecule has 4 saturated carbocycles. The van der Waals surface area contributed by atoms with E-state index in [9.17, 15) is 5.11 Å². The Bertz CT molecular complexity index is 667. The van der Waals surface area contributed by atoms with Crippen LogP contribution in [0.15, 0.2) is 4.99 Å². The average molecular weight is 375 g/mol. The highest BCUT2D eigenvalue weighted by molar-refractivity contribution is 8.14. The number of thioether (sulfide) groups is 1. The Morgan fingerprint density at radius 3 is 2.85 bits per heavy atom. The highest BCUT2D eigenvalue weighted by Gasteiger charge is 2.72. The first-order valence-electron chi connectivity index (χ1n) is 11.2. The molecule has 2 aliphatic heterocycles. The molecule has 0 spiro atoms. The Hall–Kier alpha value is -0.220. The van der Waals surface area contributed by atoms with Gasteiger partial charge in [-0.3, -0.25) is 4.99 Å². The van der Waals surface area contributed by atoms with Crippen LogP contribution in [-0.4, -0.2) is 39.2 Å². The van der Waals surface area contributed by atoms with Crippen LogP contribution in [0.3, 0.4) is 0 Å². The summed E-state index contributed by atoms with van der Waals surface area (Å²) in [7, 11) is 0. The molecule has 0 aromatic heterocycles. The molecule has 144 valence electrons. The van der Waals surface area contributed by atoms with Gasteiger partial charge < -0.3 is 10.0 Å². The Labute approximate surface area is 162 Å². The van der Waals surface area contributed by atoms with E-state index in [1.807, 2.05) is 11.8 Å². The van der Waals surface area contributed by atoms with Crippen LogP contribution in [0.1, 0.15) is 71.6 Å². The summed E-state index contributed by atoms with van der Waals surface area (Å²) in [5.41, 5.74) is 0.0223. The second-order valence-electron chi connectivity index (χ2n) is 10.7. The standard InChI is InChI=1S/C22H34N2OS/c1-20-9-4-3-5-14(20)6-7-15-16(20)8-10-21(2)17(15)13-18-22(21,25)24-12-11-23-19(24)26-18/h14-18,25H,3-13H2,1-2H3/t14-,15-,16-,17+,18-,20+,21+,22+/m1/s1. The molecule has 1 saturated heterocycles. The number of hydrogen-bond donors (Lipinski definition) is 1. The van der Waals surface area contributed by atoms with Gasteiger partial charge in [-0.15, -0.1) is 0 Å². The summed E-state index contributed by atoms with van der Waals surface area (Å²) in [4.78, 5) is 7.00. The van der Waals surface area contributed by atoms with Crippen molar-refractivity contribution in [1.82, 2.24) is 4.90 Å². The zero-order valence-electron chi connectivity index (χ0n) is 16.4. The second-order valence-corrected chi connectivity index (χ2v) is 11.9. The van der Waals surface area contributed by atoms with E-state index in [1.165, 1.54) is 57.8 Å². The number of hydrogen-bond acceptors (Lipinski definition) is 4. The van der Waals surface area contributed by atoms with Crippen LogP contribution in [0, 0.1) is 34.5 Å². The van der Waals surface area contributed by atoms with Crippen LogP contribution < -0.4 is 0 Å². The summed E-state index contributed by atoms with van der Waals surface area (Å²) in [5.74, 6) is 3.47. The van der Waals surface area contributed by atoms with Gasteiger partial charge in [0.05, 0.1) is 11.8 Å². The highest BCUT2D eigenvalue weighted by Crippen LogP contribution is 2.71. The summed E-state index contributed by atoms with van der Waals surface area (Å²) >= 11 is 1.90. The lowest BCUT2D eigenvalue weighted by molar-refractivity contribution is -0.188. The van der Waals surface area contributed by atoms with Crippen molar-refractivity contribution in [3.63, 3.8) is 0 Å². The van der Waals surface area contributed by atoms with Gasteiger partial charge in [0.1, 0.15) is 0 Å². The molecule has 0 bridgehead atoms. The molecule has 0 radical (unpaired) electrons. The number of fused-ring (bicyclic) bond motifs is 9. The maximum absolute atomic E-state index is 12.1. The van der Waals surface area contributed by atoms with E-state index in [2.05, 4.69) is 23.7 Å². The molecule has 0 aromatic carbocycles. The fourth-order valence-corrected chi connectivity index (χ4v) is 10.5. The summed E-state index contributed by atoms with van der Waals surface area (Å²) in [6, 6.07) is 0. The highest BCUT2D eigenvalue weighted by atomic mass is 32.2. The van der Waals surface area contributed by atoms with Gasteiger partial charge >= 0.3 is 0 Å². The molecule has 4 heteroatoms. The number of rotatable bonds is 0. The third kappa shape index (κ3) is 1.76. The van der Waals surface area contributed by atoms with Crippen molar-refractivity contribution >= 4 is 16.9 Å². The van der Waals surface area contributed by atoms with Crippen LogP contribution in [0.5, 0.6) is 0 Å². The average Bonchev–Trinajstić information content (AvgIpc) is 3.25. The maximum Gasteiger partial charge on any atom is 0.162 e. The summed E-state index contributed by atoms with van der Waals surface area (Å²) in [5, 5.41) is 13.6. The molecule has 5 fully saturated rings. The van der Waals surface area contributed by atoms with Crippen LogP contribution in [-0.2, 0) is 0 Å². The van der Waals surface area contributed by atoms with Gasteiger partial charge in [-0.05, 0) is 74.0 Å². The van der Waals surface area contributed by atoms with Crippen molar-refractivity contribution in [1.29, 1.82) is 0 Å². The molecule has 3 nitrogen and oxygen atoms in total. The molecule has 4 aliphatic carbocycles. The molecule has 0 aromatic rings. The van der Waals surface area contributed by atoms with E-state index in [4.69, 9.17) is 0 Å². The smallest absolute Gasteiger partial charge is 0.162 e. The topological polar surface area (TPSA) is 35.8 Å². The maximum atomic E-state index is 12.1. The van der Waals surface area contributed by atoms with Gasteiger partial charge in [-0.1, -0.05) is 38.5 Å². The normalized spacial score (nSPS) is 57.7. The van der Waals surface area contributed by atoms with Crippen LogP contribution in [0.2, 0.25) is 0 Å². The predicted molar refractivity (Wildman–Crippen MR) is 107 cm³/mol. The quantitative estimate of drug-likeness (QED) is 0.678. The molecule has 8 atom stereocenters. The van der Waals surface area contributed by atoms with Crippen LogP contribution >= 0.6 is 11.8 Å². The van der Waals surface area contributed by atoms with E-state index < -0.39 is 5.72 Å². The molecule has 1 N–H and O–H groups in total. The predicted octanol–water partition coefficient (Wildman–Crippen LogP) is 4.50. The summed E-state index contributed by atoms with van der Waals surface area (Å²) < 4.78 is 0. The Morgan fingerprint density at radius 2 is 1.96 bits per heavy atom. The first-order chi connectivity index (χ1) is 12.5. The lowest BCUT2D eigenvalue weighted by Gasteiger charge is -2.61. The molecular weight excluding hydrogens is 340 g/mol. The molecular formula is C22H34N2OS. The molecule has 6 aliphatic rings. The van der Waals surface area contributed by atoms with Crippen molar-refractivity contribution in [3.05, 3.63) is 0 Å². The van der Waals surface area contributed by atoms with E-state index >= 15 is 0 Å². The van der Waals surface area contributed by atoms with E-state index in [0.717, 1.165) is 36.0 Å². The summed E-state index contributed by atoms with van der Waals surface area (Å²) in [6.07, 6.45) is 12.5. The van der Waals surface area contributed by atoms with Crippen molar-refractivity contribution in [2.45, 2.75) is 82.6 Å². The Morgan fingerprint density at radius 1 is 1.08 bits per heavy atom. The Kier molecular flexibility index (Phi) is 3.36. The van der Waals surface area contributed by atoms with Gasteiger partial charge in [0.15, 0.2) is 10.9 Å². The monoisotopic (exact) mass is 374 g/mol. The molecule has 26 heavy (non-hydrogen) atoms. The molecule has 6 rings (SSSR count). The van der Waals surface area contributed by atoms with Gasteiger partial charge in [0.2, 0.25) is 0 Å². The van der Waals surface area contributed by atoms with Gasteiger partial charge in [0, 0.05) is 12.0 Å². The van der Waals surface area contributed by atoms with Crippen molar-refractivity contribution < 1.29 is 5.11 Å². The van der Waals surface area contributed by atoms with E-state index in [1.54, 1.807) is 0 Å². The third-order valence-corrected chi connectivity index (χ3v) is 11.6. The minimum absolute atomic E-state index is 0.0608. The number of amidine groups is 1. The molecule has 0 amide bonds.